The lowest BCUT2D eigenvalue weighted by Crippen LogP contribution is -2.40. The van der Waals surface area contributed by atoms with Crippen molar-refractivity contribution in [2.24, 2.45) is 4.99 Å². The fraction of sp³-hybridized carbons (Fsp3) is 0.842. The second-order valence-electron chi connectivity index (χ2n) is 6.54. The molecule has 0 aromatic carbocycles. The predicted molar refractivity (Wildman–Crippen MR) is 122 cm³/mol. The van der Waals surface area contributed by atoms with Gasteiger partial charge in [0.05, 0.1) is 0 Å². The van der Waals surface area contributed by atoms with Crippen molar-refractivity contribution in [1.29, 1.82) is 0 Å². The van der Waals surface area contributed by atoms with Crippen molar-refractivity contribution < 1.29 is 9.59 Å². The number of guanidine groups is 1. The molecule has 7 nitrogen and oxygen atoms in total. The number of nitrogens with one attached hydrogen (secondary N) is 2. The van der Waals surface area contributed by atoms with Crippen molar-refractivity contribution in [1.82, 2.24) is 20.4 Å². The van der Waals surface area contributed by atoms with Crippen LogP contribution in [0.2, 0.25) is 0 Å². The molecule has 0 spiro atoms. The van der Waals surface area contributed by atoms with Gasteiger partial charge in [0, 0.05) is 58.2 Å². The summed E-state index contributed by atoms with van der Waals surface area (Å²) in [6, 6.07) is 0.279. The molecule has 0 aromatic heterocycles. The number of nitrogens with zero attached hydrogens (tertiary/aromatic N) is 3. The third-order valence-corrected chi connectivity index (χ3v) is 4.85. The number of rotatable bonds is 11. The molecular weight excluding hydrogens is 457 g/mol. The fourth-order valence-corrected chi connectivity index (χ4v) is 3.32. The van der Waals surface area contributed by atoms with Crippen molar-refractivity contribution in [3.63, 3.8) is 0 Å². The van der Waals surface area contributed by atoms with Crippen LogP contribution in [0, 0.1) is 0 Å². The van der Waals surface area contributed by atoms with Crippen molar-refractivity contribution in [3.8, 4) is 0 Å². The van der Waals surface area contributed by atoms with Gasteiger partial charge in [0.25, 0.3) is 0 Å². The zero-order valence-electron chi connectivity index (χ0n) is 17.4. The molecule has 1 rings (SSSR count). The van der Waals surface area contributed by atoms with Gasteiger partial charge in [-0.2, -0.15) is 0 Å². The number of carbonyl (C=O) groups excluding carboxylic acids is 2. The molecule has 8 heteroatoms. The minimum Gasteiger partial charge on any atom is -0.357 e. The van der Waals surface area contributed by atoms with Gasteiger partial charge in [0.2, 0.25) is 11.8 Å². The summed E-state index contributed by atoms with van der Waals surface area (Å²) < 4.78 is 0. The number of aliphatic imine (C=N–C) groups is 1. The van der Waals surface area contributed by atoms with E-state index in [0.717, 1.165) is 51.4 Å². The summed E-state index contributed by atoms with van der Waals surface area (Å²) >= 11 is 0. The number of hydrogen-bond acceptors (Lipinski definition) is 3. The van der Waals surface area contributed by atoms with Crippen LogP contribution in [0.3, 0.4) is 0 Å². The minimum absolute atomic E-state index is 0. The molecule has 1 unspecified atom stereocenters. The first-order valence-corrected chi connectivity index (χ1v) is 10.2. The van der Waals surface area contributed by atoms with E-state index in [-0.39, 0.29) is 41.8 Å². The molecular formula is C19H38IN5O2. The maximum absolute atomic E-state index is 12.1. The van der Waals surface area contributed by atoms with Crippen LogP contribution in [-0.2, 0) is 9.59 Å². The van der Waals surface area contributed by atoms with Crippen LogP contribution in [0.5, 0.6) is 0 Å². The van der Waals surface area contributed by atoms with Gasteiger partial charge in [-0.25, -0.2) is 0 Å². The Morgan fingerprint density at radius 1 is 1.22 bits per heavy atom. The summed E-state index contributed by atoms with van der Waals surface area (Å²) in [6.45, 7) is 12.5. The number of likely N-dealkylation sites (tertiary alicyclic amines) is 1. The van der Waals surface area contributed by atoms with E-state index in [2.05, 4.69) is 22.5 Å². The maximum atomic E-state index is 12.1. The molecule has 1 heterocycles. The Labute approximate surface area is 181 Å². The van der Waals surface area contributed by atoms with Crippen molar-refractivity contribution in [3.05, 3.63) is 0 Å². The van der Waals surface area contributed by atoms with E-state index in [0.29, 0.717) is 25.9 Å². The van der Waals surface area contributed by atoms with Gasteiger partial charge in [-0.1, -0.05) is 6.92 Å². The Morgan fingerprint density at radius 2 is 1.93 bits per heavy atom. The number of halogens is 1. The minimum atomic E-state index is 0. The van der Waals surface area contributed by atoms with Gasteiger partial charge in [-0.3, -0.25) is 14.6 Å². The molecule has 0 radical (unpaired) electrons. The fourth-order valence-electron chi connectivity index (χ4n) is 3.32. The Balaban J connectivity index is 0.00000676. The standard InChI is InChI=1S/C19H37N5O2.HI/c1-5-16(24-15-9-10-18(24)26)11-13-21-19(20-6-2)22-14-12-17(25)23(7-3)8-4;/h16H,5-15H2,1-4H3,(H2,20,21,22);1H. The lowest BCUT2D eigenvalue weighted by molar-refractivity contribution is -0.131. The topological polar surface area (TPSA) is 77.0 Å². The summed E-state index contributed by atoms with van der Waals surface area (Å²) in [5.74, 6) is 1.18. The third-order valence-electron chi connectivity index (χ3n) is 4.85. The average molecular weight is 495 g/mol. The van der Waals surface area contributed by atoms with Crippen LogP contribution < -0.4 is 10.6 Å². The number of amides is 2. The highest BCUT2D eigenvalue weighted by molar-refractivity contribution is 14.0. The molecule has 1 fully saturated rings. The van der Waals surface area contributed by atoms with Crippen LogP contribution in [0.4, 0.5) is 0 Å². The van der Waals surface area contributed by atoms with Gasteiger partial charge in [-0.05, 0) is 40.0 Å². The molecule has 1 aliphatic rings. The van der Waals surface area contributed by atoms with E-state index in [9.17, 15) is 9.59 Å². The lowest BCUT2D eigenvalue weighted by atomic mass is 10.1. The molecule has 2 amide bonds. The molecule has 27 heavy (non-hydrogen) atoms. The summed E-state index contributed by atoms with van der Waals surface area (Å²) in [4.78, 5) is 32.4. The zero-order chi connectivity index (χ0) is 19.4. The van der Waals surface area contributed by atoms with Crippen LogP contribution in [0.25, 0.3) is 0 Å². The van der Waals surface area contributed by atoms with Gasteiger partial charge >= 0.3 is 0 Å². The quantitative estimate of drug-likeness (QED) is 0.262. The van der Waals surface area contributed by atoms with Gasteiger partial charge in [0.1, 0.15) is 0 Å². The summed E-state index contributed by atoms with van der Waals surface area (Å²) in [6.07, 6.45) is 3.96. The molecule has 1 saturated heterocycles. The van der Waals surface area contributed by atoms with Crippen LogP contribution >= 0.6 is 24.0 Å². The second kappa shape index (κ2) is 14.9. The molecule has 0 bridgehead atoms. The summed E-state index contributed by atoms with van der Waals surface area (Å²) in [7, 11) is 0. The average Bonchev–Trinajstić information content (AvgIpc) is 3.05. The molecule has 158 valence electrons. The highest BCUT2D eigenvalue weighted by atomic mass is 127. The van der Waals surface area contributed by atoms with Gasteiger partial charge in [0.15, 0.2) is 5.96 Å². The summed E-state index contributed by atoms with van der Waals surface area (Å²) in [5, 5.41) is 6.45. The highest BCUT2D eigenvalue weighted by Gasteiger charge is 2.26. The first-order chi connectivity index (χ1) is 12.6. The maximum Gasteiger partial charge on any atom is 0.224 e. The van der Waals surface area contributed by atoms with Crippen molar-refractivity contribution >= 4 is 41.8 Å². The Kier molecular flexibility index (Phi) is 14.3. The molecule has 0 aliphatic carbocycles. The van der Waals surface area contributed by atoms with E-state index in [1.807, 2.05) is 30.6 Å². The molecule has 1 aliphatic heterocycles. The smallest absolute Gasteiger partial charge is 0.224 e. The van der Waals surface area contributed by atoms with Gasteiger partial charge in [-0.15, -0.1) is 24.0 Å². The first-order valence-electron chi connectivity index (χ1n) is 10.2. The van der Waals surface area contributed by atoms with E-state index < -0.39 is 0 Å². The van der Waals surface area contributed by atoms with Gasteiger partial charge < -0.3 is 20.4 Å². The second-order valence-corrected chi connectivity index (χ2v) is 6.54. The zero-order valence-corrected chi connectivity index (χ0v) is 19.8. The lowest BCUT2D eigenvalue weighted by Gasteiger charge is -2.26. The van der Waals surface area contributed by atoms with E-state index in [1.54, 1.807) is 0 Å². The largest absolute Gasteiger partial charge is 0.357 e. The van der Waals surface area contributed by atoms with E-state index in [1.165, 1.54) is 0 Å². The number of hydrogen-bond donors (Lipinski definition) is 2. The van der Waals surface area contributed by atoms with Crippen LogP contribution in [0.1, 0.15) is 59.8 Å². The number of carbonyl (C=O) groups is 2. The van der Waals surface area contributed by atoms with Crippen molar-refractivity contribution in [2.45, 2.75) is 65.8 Å². The third kappa shape index (κ3) is 9.12. The van der Waals surface area contributed by atoms with E-state index >= 15 is 0 Å². The molecule has 0 aromatic rings. The SMILES string of the molecule is CCNC(=NCCC(CC)N1CCCC1=O)NCCC(=O)N(CC)CC.I. The molecule has 1 atom stereocenters. The Bertz CT molecular complexity index is 469. The van der Waals surface area contributed by atoms with E-state index in [4.69, 9.17) is 0 Å². The van der Waals surface area contributed by atoms with Crippen molar-refractivity contribution in [2.75, 3.05) is 39.3 Å². The van der Waals surface area contributed by atoms with Crippen LogP contribution in [0.15, 0.2) is 4.99 Å². The first kappa shape index (κ1) is 25.9. The Hall–Kier alpha value is -1.06. The normalized spacial score (nSPS) is 15.3. The molecule has 2 N–H and O–H groups in total. The highest BCUT2D eigenvalue weighted by Crippen LogP contribution is 2.17. The monoisotopic (exact) mass is 495 g/mol. The summed E-state index contributed by atoms with van der Waals surface area (Å²) in [5.41, 5.74) is 0. The predicted octanol–water partition coefficient (Wildman–Crippen LogP) is 2.21. The van der Waals surface area contributed by atoms with Crippen LogP contribution in [-0.4, -0.2) is 72.9 Å². The Morgan fingerprint density at radius 3 is 2.44 bits per heavy atom. The molecule has 0 saturated carbocycles.